The zero-order valence-electron chi connectivity index (χ0n) is 15.9. The predicted octanol–water partition coefficient (Wildman–Crippen LogP) is 2.79. The molecule has 1 fully saturated rings. The van der Waals surface area contributed by atoms with E-state index in [1.165, 1.54) is 37.6 Å². The second kappa shape index (κ2) is 9.19. The lowest BCUT2D eigenvalue weighted by molar-refractivity contribution is -0.901. The second-order valence-corrected chi connectivity index (χ2v) is 7.95. The number of benzene rings is 2. The van der Waals surface area contributed by atoms with Crippen LogP contribution in [0.25, 0.3) is 11.5 Å². The lowest BCUT2D eigenvalue weighted by Gasteiger charge is -2.12. The summed E-state index contributed by atoms with van der Waals surface area (Å²) in [5.74, 6) is -0.376. The van der Waals surface area contributed by atoms with Crippen LogP contribution in [0.4, 0.5) is 10.1 Å². The molecule has 1 aliphatic rings. The van der Waals surface area contributed by atoms with Crippen LogP contribution in [0.5, 0.6) is 0 Å². The second-order valence-electron chi connectivity index (χ2n) is 7.02. The van der Waals surface area contributed by atoms with E-state index in [2.05, 4.69) is 27.6 Å². The maximum Gasteiger partial charge on any atom is 0.277 e. The smallest absolute Gasteiger partial charge is 0.277 e. The monoisotopic (exact) mass is 413 g/mol. The summed E-state index contributed by atoms with van der Waals surface area (Å²) in [7, 11) is 0. The van der Waals surface area contributed by atoms with Gasteiger partial charge in [-0.05, 0) is 24.3 Å². The van der Waals surface area contributed by atoms with Gasteiger partial charge in [-0.3, -0.25) is 4.79 Å². The molecule has 3 aromatic rings. The SMILES string of the molecule is O=C(CSc1nnc(-c2ccccc2F)o1)Nc1ccc(C[NH+]2CCCC2)cc1. The molecule has 0 unspecified atom stereocenters. The van der Waals surface area contributed by atoms with Crippen LogP contribution in [0.1, 0.15) is 18.4 Å². The highest BCUT2D eigenvalue weighted by Crippen LogP contribution is 2.25. The molecule has 0 saturated carbocycles. The molecule has 0 bridgehead atoms. The Kier molecular flexibility index (Phi) is 6.21. The standard InChI is InChI=1S/C21H21FN4O2S/c22-18-6-2-1-5-17(18)20-24-25-21(28-20)29-14-19(27)23-16-9-7-15(8-10-16)13-26-11-3-4-12-26/h1-2,5-10H,3-4,11-14H2,(H,23,27)/p+1. The molecule has 8 heteroatoms. The van der Waals surface area contributed by atoms with E-state index in [0.717, 1.165) is 24.0 Å². The van der Waals surface area contributed by atoms with Gasteiger partial charge in [0.25, 0.3) is 11.1 Å². The van der Waals surface area contributed by atoms with E-state index in [0.29, 0.717) is 0 Å². The van der Waals surface area contributed by atoms with Gasteiger partial charge in [-0.2, -0.15) is 0 Å². The first-order valence-electron chi connectivity index (χ1n) is 9.61. The molecule has 0 aliphatic carbocycles. The number of quaternary nitrogens is 1. The molecule has 6 nitrogen and oxygen atoms in total. The predicted molar refractivity (Wildman–Crippen MR) is 109 cm³/mol. The Labute approximate surface area is 172 Å². The fourth-order valence-electron chi connectivity index (χ4n) is 3.38. The third kappa shape index (κ3) is 5.21. The van der Waals surface area contributed by atoms with Crippen LogP contribution >= 0.6 is 11.8 Å². The number of carbonyl (C=O) groups excluding carboxylic acids is 1. The summed E-state index contributed by atoms with van der Waals surface area (Å²) < 4.78 is 19.2. The van der Waals surface area contributed by atoms with E-state index in [9.17, 15) is 9.18 Å². The molecule has 0 atom stereocenters. The molecule has 2 heterocycles. The number of carbonyl (C=O) groups is 1. The summed E-state index contributed by atoms with van der Waals surface area (Å²) in [4.78, 5) is 13.8. The molecule has 4 rings (SSSR count). The van der Waals surface area contributed by atoms with Crippen molar-refractivity contribution in [3.8, 4) is 11.5 Å². The fourth-order valence-corrected chi connectivity index (χ4v) is 3.95. The van der Waals surface area contributed by atoms with Gasteiger partial charge in [-0.25, -0.2) is 4.39 Å². The molecule has 29 heavy (non-hydrogen) atoms. The number of rotatable bonds is 7. The summed E-state index contributed by atoms with van der Waals surface area (Å²) >= 11 is 1.12. The lowest BCUT2D eigenvalue weighted by Crippen LogP contribution is -3.08. The molecule has 1 aliphatic heterocycles. The van der Waals surface area contributed by atoms with Gasteiger partial charge in [-0.15, -0.1) is 10.2 Å². The van der Waals surface area contributed by atoms with Crippen molar-refractivity contribution in [1.82, 2.24) is 10.2 Å². The Morgan fingerprint density at radius 2 is 1.86 bits per heavy atom. The van der Waals surface area contributed by atoms with Gasteiger partial charge in [-0.1, -0.05) is 36.0 Å². The minimum absolute atomic E-state index is 0.0988. The van der Waals surface area contributed by atoms with Crippen molar-refractivity contribution in [3.05, 3.63) is 59.9 Å². The number of amides is 1. The number of aromatic nitrogens is 2. The maximum absolute atomic E-state index is 13.8. The van der Waals surface area contributed by atoms with Crippen LogP contribution in [-0.2, 0) is 11.3 Å². The van der Waals surface area contributed by atoms with Crippen LogP contribution in [0, 0.1) is 5.82 Å². The van der Waals surface area contributed by atoms with E-state index >= 15 is 0 Å². The van der Waals surface area contributed by atoms with Crippen LogP contribution in [0.2, 0.25) is 0 Å². The number of anilines is 1. The summed E-state index contributed by atoms with van der Waals surface area (Å²) in [5.41, 5.74) is 2.28. The first-order chi connectivity index (χ1) is 14.2. The third-order valence-corrected chi connectivity index (χ3v) is 5.66. The average molecular weight is 413 g/mol. The summed E-state index contributed by atoms with van der Waals surface area (Å²) in [6.45, 7) is 3.51. The Balaban J connectivity index is 1.27. The van der Waals surface area contributed by atoms with Gasteiger partial charge in [0.2, 0.25) is 5.91 Å². The Morgan fingerprint density at radius 1 is 1.10 bits per heavy atom. The number of nitrogens with zero attached hydrogens (tertiary/aromatic N) is 2. The number of nitrogens with one attached hydrogen (secondary N) is 2. The number of hydrogen-bond acceptors (Lipinski definition) is 5. The first kappa shape index (κ1) is 19.6. The summed E-state index contributed by atoms with van der Waals surface area (Å²) in [5, 5.41) is 10.8. The molecular formula is C21H22FN4O2S+. The van der Waals surface area contributed by atoms with Crippen LogP contribution in [0.15, 0.2) is 58.2 Å². The first-order valence-corrected chi connectivity index (χ1v) is 10.6. The largest absolute Gasteiger partial charge is 0.411 e. The van der Waals surface area contributed by atoms with Crippen LogP contribution < -0.4 is 10.2 Å². The summed E-state index contributed by atoms with van der Waals surface area (Å²) in [6.07, 6.45) is 2.62. The zero-order valence-corrected chi connectivity index (χ0v) is 16.7. The minimum Gasteiger partial charge on any atom is -0.411 e. The van der Waals surface area contributed by atoms with Crippen LogP contribution in [-0.4, -0.2) is 34.9 Å². The highest BCUT2D eigenvalue weighted by molar-refractivity contribution is 7.99. The minimum atomic E-state index is -0.430. The number of thioether (sulfide) groups is 1. The van der Waals surface area contributed by atoms with Gasteiger partial charge in [0.15, 0.2) is 0 Å². The lowest BCUT2D eigenvalue weighted by atomic mass is 10.2. The average Bonchev–Trinajstić information content (AvgIpc) is 3.40. The maximum atomic E-state index is 13.8. The topological polar surface area (TPSA) is 72.5 Å². The fraction of sp³-hybridized carbons (Fsp3) is 0.286. The highest BCUT2D eigenvalue weighted by Gasteiger charge is 2.16. The van der Waals surface area contributed by atoms with Crippen molar-refractivity contribution in [1.29, 1.82) is 0 Å². The van der Waals surface area contributed by atoms with Crippen molar-refractivity contribution in [3.63, 3.8) is 0 Å². The number of likely N-dealkylation sites (tertiary alicyclic amines) is 1. The van der Waals surface area contributed by atoms with Crippen molar-refractivity contribution in [2.75, 3.05) is 24.2 Å². The summed E-state index contributed by atoms with van der Waals surface area (Å²) in [6, 6.07) is 14.2. The normalized spacial score (nSPS) is 14.2. The number of hydrogen-bond donors (Lipinski definition) is 2. The Hall–Kier alpha value is -2.71. The third-order valence-electron chi connectivity index (χ3n) is 4.84. The zero-order chi connectivity index (χ0) is 20.1. The van der Waals surface area contributed by atoms with E-state index in [1.807, 2.05) is 12.1 Å². The molecule has 1 aromatic heterocycles. The molecule has 150 valence electrons. The molecule has 0 spiro atoms. The molecular weight excluding hydrogens is 391 g/mol. The quantitative estimate of drug-likeness (QED) is 0.583. The highest BCUT2D eigenvalue weighted by atomic mass is 32.2. The van der Waals surface area contributed by atoms with Gasteiger partial charge in [0.05, 0.1) is 24.4 Å². The van der Waals surface area contributed by atoms with Crippen LogP contribution in [0.3, 0.4) is 0 Å². The van der Waals surface area contributed by atoms with Gasteiger partial charge in [0, 0.05) is 24.1 Å². The molecule has 2 aromatic carbocycles. The Bertz CT molecular complexity index is 971. The van der Waals surface area contributed by atoms with Gasteiger partial charge >= 0.3 is 0 Å². The molecule has 0 radical (unpaired) electrons. The van der Waals surface area contributed by atoms with Crippen molar-refractivity contribution < 1.29 is 18.5 Å². The van der Waals surface area contributed by atoms with Gasteiger partial charge < -0.3 is 14.6 Å². The molecule has 1 saturated heterocycles. The van der Waals surface area contributed by atoms with E-state index in [4.69, 9.17) is 4.42 Å². The van der Waals surface area contributed by atoms with E-state index < -0.39 is 5.82 Å². The Morgan fingerprint density at radius 3 is 2.62 bits per heavy atom. The molecule has 2 N–H and O–H groups in total. The van der Waals surface area contributed by atoms with Crippen molar-refractivity contribution >= 4 is 23.4 Å². The van der Waals surface area contributed by atoms with E-state index in [1.54, 1.807) is 23.1 Å². The van der Waals surface area contributed by atoms with E-state index in [-0.39, 0.29) is 28.3 Å². The van der Waals surface area contributed by atoms with Crippen molar-refractivity contribution in [2.45, 2.75) is 24.6 Å². The van der Waals surface area contributed by atoms with Crippen molar-refractivity contribution in [2.24, 2.45) is 0 Å². The molecule has 1 amide bonds. The van der Waals surface area contributed by atoms with Gasteiger partial charge in [0.1, 0.15) is 12.4 Å². The number of halogens is 1.